The maximum Gasteiger partial charge on any atom is 0.265 e. The summed E-state index contributed by atoms with van der Waals surface area (Å²) in [6, 6.07) is 12.7. The van der Waals surface area contributed by atoms with Gasteiger partial charge in [0.15, 0.2) is 15.9 Å². The summed E-state index contributed by atoms with van der Waals surface area (Å²) in [7, 11) is -3.26. The van der Waals surface area contributed by atoms with Gasteiger partial charge < -0.3 is 10.1 Å². The summed E-state index contributed by atoms with van der Waals surface area (Å²) < 4.78 is 28.3. The Morgan fingerprint density at radius 3 is 2.39 bits per heavy atom. The molecule has 1 atom stereocenters. The number of halogens is 1. The van der Waals surface area contributed by atoms with E-state index in [0.717, 1.165) is 6.26 Å². The number of amides is 1. The number of anilines is 1. The Kier molecular flexibility index (Phi) is 5.28. The molecule has 0 spiro atoms. The molecule has 5 nitrogen and oxygen atoms in total. The van der Waals surface area contributed by atoms with E-state index in [1.807, 2.05) is 0 Å². The van der Waals surface area contributed by atoms with Crippen molar-refractivity contribution in [1.82, 2.24) is 0 Å². The van der Waals surface area contributed by atoms with Crippen molar-refractivity contribution in [2.45, 2.75) is 17.9 Å². The summed E-state index contributed by atoms with van der Waals surface area (Å²) in [4.78, 5) is 12.3. The molecule has 2 aromatic carbocycles. The van der Waals surface area contributed by atoms with Crippen molar-refractivity contribution < 1.29 is 17.9 Å². The van der Waals surface area contributed by atoms with Crippen LogP contribution >= 0.6 is 11.6 Å². The molecule has 0 aliphatic heterocycles. The summed E-state index contributed by atoms with van der Waals surface area (Å²) in [5.74, 6) is 0.143. The van der Waals surface area contributed by atoms with E-state index in [9.17, 15) is 13.2 Å². The molecule has 1 amide bonds. The van der Waals surface area contributed by atoms with Crippen LogP contribution in [0.15, 0.2) is 53.4 Å². The number of hydrogen-bond donors (Lipinski definition) is 1. The van der Waals surface area contributed by atoms with Gasteiger partial charge in [0.2, 0.25) is 0 Å². The van der Waals surface area contributed by atoms with Gasteiger partial charge in [0.05, 0.1) is 4.90 Å². The second-order valence-electron chi connectivity index (χ2n) is 5.00. The van der Waals surface area contributed by atoms with E-state index in [0.29, 0.717) is 16.5 Å². The first-order valence-corrected chi connectivity index (χ1v) is 9.06. The van der Waals surface area contributed by atoms with Crippen LogP contribution in [0.2, 0.25) is 5.02 Å². The Morgan fingerprint density at radius 2 is 1.83 bits per heavy atom. The van der Waals surface area contributed by atoms with Gasteiger partial charge in [-0.15, -0.1) is 0 Å². The van der Waals surface area contributed by atoms with Crippen molar-refractivity contribution in [1.29, 1.82) is 0 Å². The van der Waals surface area contributed by atoms with Crippen molar-refractivity contribution in [3.05, 3.63) is 53.6 Å². The molecular formula is C16H16ClNO4S. The molecule has 1 unspecified atom stereocenters. The van der Waals surface area contributed by atoms with E-state index in [1.165, 1.54) is 24.3 Å². The first kappa shape index (κ1) is 17.3. The predicted octanol–water partition coefficient (Wildman–Crippen LogP) is 3.15. The lowest BCUT2D eigenvalue weighted by atomic mass is 10.3. The molecule has 23 heavy (non-hydrogen) atoms. The van der Waals surface area contributed by atoms with Crippen LogP contribution in [-0.2, 0) is 14.6 Å². The predicted molar refractivity (Wildman–Crippen MR) is 89.7 cm³/mol. The first-order valence-electron chi connectivity index (χ1n) is 6.79. The van der Waals surface area contributed by atoms with Crippen molar-refractivity contribution in [2.75, 3.05) is 11.6 Å². The highest BCUT2D eigenvalue weighted by molar-refractivity contribution is 7.90. The second kappa shape index (κ2) is 7.02. The van der Waals surface area contributed by atoms with Gasteiger partial charge in [0.25, 0.3) is 5.91 Å². The quantitative estimate of drug-likeness (QED) is 0.896. The number of hydrogen-bond acceptors (Lipinski definition) is 4. The summed E-state index contributed by atoms with van der Waals surface area (Å²) in [6.07, 6.45) is 0.393. The fourth-order valence-electron chi connectivity index (χ4n) is 1.83. The van der Waals surface area contributed by atoms with E-state index in [-0.39, 0.29) is 10.8 Å². The Balaban J connectivity index is 2.01. The van der Waals surface area contributed by atoms with E-state index in [2.05, 4.69) is 5.32 Å². The van der Waals surface area contributed by atoms with Gasteiger partial charge in [-0.25, -0.2) is 8.42 Å². The van der Waals surface area contributed by atoms with Crippen molar-refractivity contribution in [3.63, 3.8) is 0 Å². The highest BCUT2D eigenvalue weighted by Gasteiger charge is 2.15. The average molecular weight is 354 g/mol. The molecule has 0 saturated heterocycles. The third-order valence-electron chi connectivity index (χ3n) is 3.03. The molecule has 0 heterocycles. The van der Waals surface area contributed by atoms with Crippen LogP contribution in [0.3, 0.4) is 0 Å². The molecule has 0 saturated carbocycles. The van der Waals surface area contributed by atoms with Gasteiger partial charge in [-0.3, -0.25) is 4.79 Å². The van der Waals surface area contributed by atoms with E-state index >= 15 is 0 Å². The van der Waals surface area contributed by atoms with Crippen LogP contribution in [0.25, 0.3) is 0 Å². The number of carbonyl (C=O) groups is 1. The smallest absolute Gasteiger partial charge is 0.265 e. The zero-order valence-corrected chi connectivity index (χ0v) is 14.2. The standard InChI is InChI=1S/C16H16ClNO4S/c1-11(22-14-5-3-4-12(17)10-14)16(19)18-13-6-8-15(9-7-13)23(2,20)21/h3-11H,1-2H3,(H,18,19). The zero-order chi connectivity index (χ0) is 17.0. The topological polar surface area (TPSA) is 72.5 Å². The molecule has 2 aromatic rings. The van der Waals surface area contributed by atoms with Crippen LogP contribution in [0.5, 0.6) is 5.75 Å². The second-order valence-corrected chi connectivity index (χ2v) is 7.46. The van der Waals surface area contributed by atoms with Gasteiger partial charge in [-0.05, 0) is 49.4 Å². The minimum absolute atomic E-state index is 0.193. The molecule has 1 N–H and O–H groups in total. The third-order valence-corrected chi connectivity index (χ3v) is 4.39. The Morgan fingerprint density at radius 1 is 1.17 bits per heavy atom. The molecule has 0 bridgehead atoms. The highest BCUT2D eigenvalue weighted by Crippen LogP contribution is 2.19. The fraction of sp³-hybridized carbons (Fsp3) is 0.188. The van der Waals surface area contributed by atoms with Crippen molar-refractivity contribution in [3.8, 4) is 5.75 Å². The molecule has 2 rings (SSSR count). The van der Waals surface area contributed by atoms with Gasteiger partial charge >= 0.3 is 0 Å². The number of nitrogens with one attached hydrogen (secondary N) is 1. The molecule has 0 aliphatic carbocycles. The number of ether oxygens (including phenoxy) is 1. The normalized spacial score (nSPS) is 12.5. The van der Waals surface area contributed by atoms with Crippen LogP contribution in [0.1, 0.15) is 6.92 Å². The average Bonchev–Trinajstić information content (AvgIpc) is 2.46. The molecule has 7 heteroatoms. The summed E-state index contributed by atoms with van der Waals surface area (Å²) >= 11 is 5.86. The number of rotatable bonds is 5. The number of benzene rings is 2. The molecule has 0 aromatic heterocycles. The van der Waals surface area contributed by atoms with Gasteiger partial charge in [-0.2, -0.15) is 0 Å². The summed E-state index contributed by atoms with van der Waals surface area (Å²) in [6.45, 7) is 1.61. The lowest BCUT2D eigenvalue weighted by Gasteiger charge is -2.15. The largest absolute Gasteiger partial charge is 0.481 e. The highest BCUT2D eigenvalue weighted by atomic mass is 35.5. The lowest BCUT2D eigenvalue weighted by molar-refractivity contribution is -0.122. The summed E-state index contributed by atoms with van der Waals surface area (Å²) in [5.41, 5.74) is 0.490. The Bertz CT molecular complexity index is 803. The molecule has 0 aliphatic rings. The van der Waals surface area contributed by atoms with Crippen LogP contribution in [0, 0.1) is 0 Å². The SMILES string of the molecule is CC(Oc1cccc(Cl)c1)C(=O)Nc1ccc(S(C)(=O)=O)cc1. The monoisotopic (exact) mass is 353 g/mol. The Hall–Kier alpha value is -2.05. The first-order chi connectivity index (χ1) is 10.8. The van der Waals surface area contributed by atoms with Gasteiger partial charge in [0, 0.05) is 17.0 Å². The molecular weight excluding hydrogens is 338 g/mol. The Labute approximate surface area is 140 Å². The fourth-order valence-corrected chi connectivity index (χ4v) is 2.64. The number of sulfone groups is 1. The minimum Gasteiger partial charge on any atom is -0.481 e. The summed E-state index contributed by atoms with van der Waals surface area (Å²) in [5, 5.41) is 3.18. The third kappa shape index (κ3) is 4.97. The zero-order valence-electron chi connectivity index (χ0n) is 12.6. The van der Waals surface area contributed by atoms with Crippen molar-refractivity contribution >= 4 is 33.0 Å². The van der Waals surface area contributed by atoms with Crippen LogP contribution < -0.4 is 10.1 Å². The lowest BCUT2D eigenvalue weighted by Crippen LogP contribution is -2.30. The van der Waals surface area contributed by atoms with E-state index in [4.69, 9.17) is 16.3 Å². The van der Waals surface area contributed by atoms with Gasteiger partial charge in [0.1, 0.15) is 5.75 Å². The van der Waals surface area contributed by atoms with Crippen molar-refractivity contribution in [2.24, 2.45) is 0 Å². The molecule has 0 fully saturated rings. The number of carbonyl (C=O) groups excluding carboxylic acids is 1. The minimum atomic E-state index is -3.26. The van der Waals surface area contributed by atoms with E-state index < -0.39 is 15.9 Å². The molecule has 122 valence electrons. The maximum absolute atomic E-state index is 12.1. The van der Waals surface area contributed by atoms with Crippen LogP contribution in [0.4, 0.5) is 5.69 Å². The van der Waals surface area contributed by atoms with Crippen LogP contribution in [-0.4, -0.2) is 26.7 Å². The molecule has 0 radical (unpaired) electrons. The van der Waals surface area contributed by atoms with E-state index in [1.54, 1.807) is 31.2 Å². The maximum atomic E-state index is 12.1. The van der Waals surface area contributed by atoms with Gasteiger partial charge in [-0.1, -0.05) is 17.7 Å².